The minimum absolute atomic E-state index is 0.669. The average Bonchev–Trinajstić information content (AvgIpc) is 3.52. The van der Waals surface area contributed by atoms with Crippen LogP contribution < -0.4 is 0 Å². The molecule has 0 saturated carbocycles. The number of aromatic nitrogens is 7. The van der Waals surface area contributed by atoms with Crippen molar-refractivity contribution in [3.8, 4) is 22.8 Å². The van der Waals surface area contributed by atoms with Crippen molar-refractivity contribution in [3.05, 3.63) is 72.8 Å². The van der Waals surface area contributed by atoms with E-state index in [1.807, 2.05) is 30.5 Å². The van der Waals surface area contributed by atoms with Gasteiger partial charge in [0.2, 0.25) is 0 Å². The molecule has 0 aromatic carbocycles. The highest BCUT2D eigenvalue weighted by Crippen LogP contribution is 2.31. The van der Waals surface area contributed by atoms with Gasteiger partial charge in [-0.1, -0.05) is 18.2 Å². The Balaban J connectivity index is 1.52. The molecule has 0 atom stereocenters. The van der Waals surface area contributed by atoms with Crippen molar-refractivity contribution in [2.24, 2.45) is 0 Å². The average molecular weight is 377 g/mol. The van der Waals surface area contributed by atoms with E-state index in [9.17, 15) is 0 Å². The van der Waals surface area contributed by atoms with E-state index in [0.29, 0.717) is 11.5 Å². The summed E-state index contributed by atoms with van der Waals surface area (Å²) in [4.78, 5) is 21.5. The molecule has 138 valence electrons. The third kappa shape index (κ3) is 2.55. The zero-order chi connectivity index (χ0) is 19.2. The number of hydrogen-bond acceptors (Lipinski definition) is 5. The highest BCUT2D eigenvalue weighted by Gasteiger charge is 2.17. The number of pyridine rings is 3. The van der Waals surface area contributed by atoms with Gasteiger partial charge < -0.3 is 4.98 Å². The summed E-state index contributed by atoms with van der Waals surface area (Å²) in [6.07, 6.45) is 14.5. The lowest BCUT2D eigenvalue weighted by atomic mass is 10.1. The molecule has 0 fully saturated rings. The van der Waals surface area contributed by atoms with Gasteiger partial charge in [0.25, 0.3) is 0 Å². The first-order valence-corrected chi connectivity index (χ1v) is 9.33. The van der Waals surface area contributed by atoms with E-state index in [2.05, 4.69) is 43.4 Å². The van der Waals surface area contributed by atoms with Crippen LogP contribution in [0.4, 0.5) is 0 Å². The number of hydrogen-bond donors (Lipinski definition) is 2. The van der Waals surface area contributed by atoms with Crippen LogP contribution in [0.25, 0.3) is 50.4 Å². The first-order valence-electron chi connectivity index (χ1n) is 9.33. The molecule has 1 aliphatic carbocycles. The molecule has 0 unspecified atom stereocenters. The predicted molar refractivity (Wildman–Crippen MR) is 112 cm³/mol. The second-order valence-electron chi connectivity index (χ2n) is 6.87. The molecule has 2 N–H and O–H groups in total. The van der Waals surface area contributed by atoms with Crippen molar-refractivity contribution in [1.82, 2.24) is 35.1 Å². The lowest BCUT2D eigenvalue weighted by Gasteiger charge is -2.00. The van der Waals surface area contributed by atoms with Gasteiger partial charge in [-0.05, 0) is 36.3 Å². The van der Waals surface area contributed by atoms with Crippen LogP contribution >= 0.6 is 0 Å². The number of allylic oxidation sites excluding steroid dienone is 4. The summed E-state index contributed by atoms with van der Waals surface area (Å²) in [6.45, 7) is 0. The molecule has 7 heteroatoms. The van der Waals surface area contributed by atoms with Gasteiger partial charge in [0, 0.05) is 29.7 Å². The Labute approximate surface area is 165 Å². The fourth-order valence-electron chi connectivity index (χ4n) is 3.66. The smallest absolute Gasteiger partial charge is 0.161 e. The Morgan fingerprint density at radius 3 is 2.66 bits per heavy atom. The van der Waals surface area contributed by atoms with E-state index in [4.69, 9.17) is 9.97 Å². The van der Waals surface area contributed by atoms with Gasteiger partial charge in [0.05, 0.1) is 28.4 Å². The summed E-state index contributed by atoms with van der Waals surface area (Å²) < 4.78 is 0. The van der Waals surface area contributed by atoms with E-state index < -0.39 is 0 Å². The Morgan fingerprint density at radius 2 is 1.79 bits per heavy atom. The van der Waals surface area contributed by atoms with Gasteiger partial charge in [0.1, 0.15) is 5.52 Å². The van der Waals surface area contributed by atoms with Crippen molar-refractivity contribution in [3.63, 3.8) is 0 Å². The van der Waals surface area contributed by atoms with Gasteiger partial charge in [-0.25, -0.2) is 9.97 Å². The van der Waals surface area contributed by atoms with E-state index in [-0.39, 0.29) is 0 Å². The fraction of sp³-hybridized carbons (Fsp3) is 0.0455. The molecule has 6 rings (SSSR count). The van der Waals surface area contributed by atoms with Gasteiger partial charge in [-0.2, -0.15) is 5.10 Å². The van der Waals surface area contributed by atoms with Gasteiger partial charge >= 0.3 is 0 Å². The first-order chi connectivity index (χ1) is 14.4. The minimum atomic E-state index is 0.669. The third-order valence-corrected chi connectivity index (χ3v) is 5.08. The molecule has 0 saturated heterocycles. The second kappa shape index (κ2) is 6.20. The first kappa shape index (κ1) is 15.9. The third-order valence-electron chi connectivity index (χ3n) is 5.08. The summed E-state index contributed by atoms with van der Waals surface area (Å²) in [6, 6.07) is 7.84. The van der Waals surface area contributed by atoms with E-state index >= 15 is 0 Å². The number of aromatic amines is 2. The van der Waals surface area contributed by atoms with E-state index in [1.165, 1.54) is 0 Å². The number of nitrogens with one attached hydrogen (secondary N) is 2. The summed E-state index contributed by atoms with van der Waals surface area (Å²) in [7, 11) is 0. The van der Waals surface area contributed by atoms with E-state index in [0.717, 1.165) is 50.9 Å². The molecule has 0 amide bonds. The molecule has 29 heavy (non-hydrogen) atoms. The topological polar surface area (TPSA) is 96.0 Å². The fourth-order valence-corrected chi connectivity index (χ4v) is 3.66. The van der Waals surface area contributed by atoms with Gasteiger partial charge in [-0.15, -0.1) is 0 Å². The van der Waals surface area contributed by atoms with Crippen LogP contribution in [0.15, 0.2) is 67.3 Å². The lowest BCUT2D eigenvalue weighted by molar-refractivity contribution is 1.10. The largest absolute Gasteiger partial charge is 0.335 e. The summed E-state index contributed by atoms with van der Waals surface area (Å²) in [5.41, 5.74) is 8.11. The van der Waals surface area contributed by atoms with Crippen LogP contribution in [-0.4, -0.2) is 35.1 Å². The highest BCUT2D eigenvalue weighted by molar-refractivity contribution is 5.96. The highest BCUT2D eigenvalue weighted by atomic mass is 15.1. The molecule has 5 aromatic heterocycles. The zero-order valence-corrected chi connectivity index (χ0v) is 15.3. The summed E-state index contributed by atoms with van der Waals surface area (Å²) in [5, 5.41) is 7.54. The zero-order valence-electron chi connectivity index (χ0n) is 15.3. The maximum atomic E-state index is 4.85. The molecule has 5 aromatic rings. The van der Waals surface area contributed by atoms with Crippen molar-refractivity contribution in [1.29, 1.82) is 0 Å². The van der Waals surface area contributed by atoms with E-state index in [1.54, 1.807) is 18.6 Å². The Kier molecular flexibility index (Phi) is 3.40. The number of rotatable bonds is 3. The Bertz CT molecular complexity index is 1420. The van der Waals surface area contributed by atoms with Crippen molar-refractivity contribution in [2.45, 2.75) is 6.42 Å². The lowest BCUT2D eigenvalue weighted by Crippen LogP contribution is -1.87. The van der Waals surface area contributed by atoms with Crippen molar-refractivity contribution in [2.75, 3.05) is 0 Å². The standard InChI is InChI=1S/C22H15N7/c1-2-4-13(3-1)15-11-24-12-18-19(15)27-22(26-18)21-20-17(28-29-21)6-5-16(25-20)14-7-9-23-10-8-14/h1,3-12H,2H2,(H,26,27)(H,28,29). The summed E-state index contributed by atoms with van der Waals surface area (Å²) in [5.74, 6) is 0.669. The molecular weight excluding hydrogens is 362 g/mol. The SMILES string of the molecule is C1=CC(c2cncc3[nH]c(-c4n[nH]c5ccc(-c6ccncc6)nc45)nc23)=CC1. The molecule has 7 nitrogen and oxygen atoms in total. The number of imidazole rings is 1. The quantitative estimate of drug-likeness (QED) is 0.489. The van der Waals surface area contributed by atoms with Crippen LogP contribution in [0.2, 0.25) is 0 Å². The summed E-state index contributed by atoms with van der Waals surface area (Å²) >= 11 is 0. The van der Waals surface area contributed by atoms with Crippen molar-refractivity contribution >= 4 is 27.6 Å². The molecule has 0 bridgehead atoms. The number of fused-ring (bicyclic) bond motifs is 2. The predicted octanol–water partition coefficient (Wildman–Crippen LogP) is 4.30. The molecule has 0 radical (unpaired) electrons. The maximum Gasteiger partial charge on any atom is 0.161 e. The Hall–Kier alpha value is -4.13. The van der Waals surface area contributed by atoms with Gasteiger partial charge in [-0.3, -0.25) is 15.1 Å². The monoisotopic (exact) mass is 377 g/mol. The Morgan fingerprint density at radius 1 is 0.862 bits per heavy atom. The minimum Gasteiger partial charge on any atom is -0.335 e. The number of nitrogens with zero attached hydrogens (tertiary/aromatic N) is 5. The molecule has 1 aliphatic rings. The maximum absolute atomic E-state index is 4.85. The van der Waals surface area contributed by atoms with Gasteiger partial charge in [0.15, 0.2) is 11.5 Å². The van der Waals surface area contributed by atoms with Crippen LogP contribution in [0, 0.1) is 0 Å². The second-order valence-corrected chi connectivity index (χ2v) is 6.87. The molecule has 5 heterocycles. The number of H-pyrrole nitrogens is 2. The van der Waals surface area contributed by atoms with Crippen LogP contribution in [-0.2, 0) is 0 Å². The van der Waals surface area contributed by atoms with Crippen LogP contribution in [0.3, 0.4) is 0 Å². The molecule has 0 spiro atoms. The van der Waals surface area contributed by atoms with Crippen LogP contribution in [0.1, 0.15) is 12.0 Å². The molecule has 0 aliphatic heterocycles. The van der Waals surface area contributed by atoms with Crippen molar-refractivity contribution < 1.29 is 0 Å². The van der Waals surface area contributed by atoms with Crippen LogP contribution in [0.5, 0.6) is 0 Å². The molecular formula is C22H15N7. The normalized spacial score (nSPS) is 13.4.